The van der Waals surface area contributed by atoms with Crippen molar-refractivity contribution in [2.75, 3.05) is 0 Å². The number of rotatable bonds is 0. The molecule has 164 valence electrons. The lowest BCUT2D eigenvalue weighted by atomic mass is 10.9. The van der Waals surface area contributed by atoms with E-state index in [1.165, 1.54) is 24.2 Å². The fourth-order valence-corrected chi connectivity index (χ4v) is 23.9. The Morgan fingerprint density at radius 2 is 0.467 bits per heavy atom. The molecule has 0 radical (unpaired) electrons. The fourth-order valence-electron chi connectivity index (χ4n) is 2.86. The quantitative estimate of drug-likeness (QED) is 0.260. The third-order valence-corrected chi connectivity index (χ3v) is 19.8. The fraction of sp³-hybridized carbons (Fsp3) is 0.667. The molecule has 0 aromatic heterocycles. The Bertz CT molecular complexity index is 742. The Balaban J connectivity index is 3.41. The van der Waals surface area contributed by atoms with Crippen LogP contribution in [0.4, 0.5) is 0 Å². The maximum absolute atomic E-state index is 3.78. The summed E-state index contributed by atoms with van der Waals surface area (Å²) in [6.07, 6.45) is 0. The zero-order valence-electron chi connectivity index (χ0n) is 21.8. The van der Waals surface area contributed by atoms with Crippen LogP contribution in [0.5, 0.6) is 0 Å². The molecule has 1 aliphatic heterocycles. The molecule has 0 fully saturated rings. The molecule has 0 aromatic rings. The molecule has 0 amide bonds. The molecular weight excluding hydrogens is 457 g/mol. The van der Waals surface area contributed by atoms with Gasteiger partial charge in [0.1, 0.15) is 32.3 Å². The molecular formula is C24H44Si6. The zero-order valence-corrected chi connectivity index (χ0v) is 27.8. The van der Waals surface area contributed by atoms with E-state index >= 15 is 0 Å². The molecule has 0 unspecified atom stereocenters. The summed E-state index contributed by atoms with van der Waals surface area (Å²) in [5.41, 5.74) is 30.0. The van der Waals surface area contributed by atoms with E-state index in [9.17, 15) is 0 Å². The first kappa shape index (κ1) is 27.6. The third kappa shape index (κ3) is 11.2. The maximum atomic E-state index is 3.78. The van der Waals surface area contributed by atoms with Crippen molar-refractivity contribution in [3.05, 3.63) is 0 Å². The lowest BCUT2D eigenvalue weighted by Crippen LogP contribution is -2.34. The highest BCUT2D eigenvalue weighted by atomic mass is 28.3. The Hall–Kier alpha value is -0.459. The number of hydrogen-bond acceptors (Lipinski definition) is 0. The van der Waals surface area contributed by atoms with Crippen molar-refractivity contribution in [2.45, 2.75) is 103 Å². The minimum atomic E-state index is -1.78. The zero-order chi connectivity index (χ0) is 23.5. The summed E-state index contributed by atoms with van der Waals surface area (Å²) in [6, 6.07) is 5.05. The van der Waals surface area contributed by atoms with Crippen molar-refractivity contribution >= 4 is 48.4 Å². The Morgan fingerprint density at radius 1 is 0.300 bits per heavy atom. The first-order valence-corrected chi connectivity index (χ1v) is 30.2. The summed E-state index contributed by atoms with van der Waals surface area (Å²) in [4.78, 5) is 0. The van der Waals surface area contributed by atoms with Gasteiger partial charge in [-0.2, -0.15) is 0 Å². The molecule has 0 bridgehead atoms. The average molecular weight is 501 g/mol. The maximum Gasteiger partial charge on any atom is 0.209 e. The molecule has 0 saturated carbocycles. The van der Waals surface area contributed by atoms with Crippen molar-refractivity contribution in [3.63, 3.8) is 0 Å². The highest BCUT2D eigenvalue weighted by Gasteiger charge is 2.29. The summed E-state index contributed by atoms with van der Waals surface area (Å²) < 4.78 is 0. The van der Waals surface area contributed by atoms with Gasteiger partial charge in [0.2, 0.25) is 16.1 Å². The summed E-state index contributed by atoms with van der Waals surface area (Å²) in [5.74, 6) is 0. The molecule has 0 aliphatic carbocycles. The standard InChI is InChI=1S/C24H44Si6/c1-25(2)13-15-26(3,4)17-19-28(7,8)21-23-30(11,12)24-22-29(9,10)20-18-27(5,6)16-14-25/h13,15,22,24H2,1-12H3. The van der Waals surface area contributed by atoms with Gasteiger partial charge in [-0.05, 0) is 50.4 Å². The van der Waals surface area contributed by atoms with Crippen LogP contribution in [0.2, 0.25) is 103 Å². The molecule has 0 atom stereocenters. The normalized spacial score (nSPS) is 25.7. The van der Waals surface area contributed by atoms with Crippen LogP contribution >= 0.6 is 0 Å². The van der Waals surface area contributed by atoms with Crippen molar-refractivity contribution < 1.29 is 0 Å². The van der Waals surface area contributed by atoms with Gasteiger partial charge < -0.3 is 0 Å². The first-order chi connectivity index (χ1) is 13.2. The minimum Gasteiger partial charge on any atom is -0.137 e. The topological polar surface area (TPSA) is 0 Å². The monoisotopic (exact) mass is 500 g/mol. The van der Waals surface area contributed by atoms with Gasteiger partial charge in [-0.3, -0.25) is 0 Å². The Kier molecular flexibility index (Phi) is 8.80. The lowest BCUT2D eigenvalue weighted by molar-refractivity contribution is 1.31. The molecule has 1 aliphatic rings. The van der Waals surface area contributed by atoms with Crippen LogP contribution in [0.1, 0.15) is 0 Å². The second-order valence-electron chi connectivity index (χ2n) is 12.8. The van der Waals surface area contributed by atoms with E-state index < -0.39 is 48.4 Å². The van der Waals surface area contributed by atoms with E-state index in [0.717, 1.165) is 0 Å². The average Bonchev–Trinajstić information content (AvgIpc) is 2.60. The highest BCUT2D eigenvalue weighted by molar-refractivity contribution is 6.99. The molecule has 0 aromatic carbocycles. The van der Waals surface area contributed by atoms with Crippen LogP contribution < -0.4 is 0 Å². The summed E-state index contributed by atoms with van der Waals surface area (Å²) in [5, 5.41) is 0. The van der Waals surface area contributed by atoms with Gasteiger partial charge in [0.15, 0.2) is 0 Å². The van der Waals surface area contributed by atoms with E-state index in [2.05, 4.69) is 123 Å². The van der Waals surface area contributed by atoms with Gasteiger partial charge in [-0.1, -0.05) is 52.4 Å². The predicted octanol–water partition coefficient (Wildman–Crippen LogP) is 6.58. The second kappa shape index (κ2) is 9.58. The molecule has 6 heteroatoms. The Morgan fingerprint density at radius 3 is 0.633 bits per heavy atom. The van der Waals surface area contributed by atoms with Crippen LogP contribution in [0.3, 0.4) is 0 Å². The molecule has 1 rings (SSSR count). The second-order valence-corrected chi connectivity index (χ2v) is 38.4. The van der Waals surface area contributed by atoms with Crippen molar-refractivity contribution in [3.8, 4) is 44.3 Å². The van der Waals surface area contributed by atoms with Crippen molar-refractivity contribution in [1.82, 2.24) is 0 Å². The van der Waals surface area contributed by atoms with Crippen LogP contribution in [-0.4, -0.2) is 48.4 Å². The van der Waals surface area contributed by atoms with Gasteiger partial charge in [-0.25, -0.2) is 0 Å². The van der Waals surface area contributed by atoms with Gasteiger partial charge in [-0.15, -0.1) is 44.3 Å². The van der Waals surface area contributed by atoms with Crippen LogP contribution in [0.25, 0.3) is 0 Å². The van der Waals surface area contributed by atoms with Crippen molar-refractivity contribution in [2.24, 2.45) is 0 Å². The van der Waals surface area contributed by atoms with E-state index in [1.807, 2.05) is 0 Å². The summed E-state index contributed by atoms with van der Waals surface area (Å²) >= 11 is 0. The highest BCUT2D eigenvalue weighted by Crippen LogP contribution is 2.22. The summed E-state index contributed by atoms with van der Waals surface area (Å²) in [7, 11) is -9.69. The predicted molar refractivity (Wildman–Crippen MR) is 155 cm³/mol. The van der Waals surface area contributed by atoms with E-state index in [4.69, 9.17) is 0 Å². The molecule has 0 saturated heterocycles. The molecule has 0 nitrogen and oxygen atoms in total. The van der Waals surface area contributed by atoms with Crippen LogP contribution in [0, 0.1) is 44.3 Å². The Labute approximate surface area is 194 Å². The lowest BCUT2D eigenvalue weighted by Gasteiger charge is -2.23. The van der Waals surface area contributed by atoms with E-state index in [0.29, 0.717) is 0 Å². The molecule has 1 heterocycles. The largest absolute Gasteiger partial charge is 0.209 e. The van der Waals surface area contributed by atoms with E-state index in [1.54, 1.807) is 0 Å². The van der Waals surface area contributed by atoms with Gasteiger partial charge in [0.05, 0.1) is 0 Å². The smallest absolute Gasteiger partial charge is 0.137 e. The van der Waals surface area contributed by atoms with Crippen LogP contribution in [-0.2, 0) is 0 Å². The van der Waals surface area contributed by atoms with Crippen molar-refractivity contribution in [1.29, 1.82) is 0 Å². The van der Waals surface area contributed by atoms with Gasteiger partial charge >= 0.3 is 0 Å². The minimum absolute atomic E-state index is 1.26. The van der Waals surface area contributed by atoms with Gasteiger partial charge in [0.25, 0.3) is 0 Å². The molecule has 0 spiro atoms. The third-order valence-electron chi connectivity index (χ3n) is 5.60. The van der Waals surface area contributed by atoms with Gasteiger partial charge in [0, 0.05) is 0 Å². The van der Waals surface area contributed by atoms with E-state index in [-0.39, 0.29) is 0 Å². The summed E-state index contributed by atoms with van der Waals surface area (Å²) in [6.45, 7) is 28.8. The molecule has 30 heavy (non-hydrogen) atoms. The number of hydrogen-bond donors (Lipinski definition) is 0. The first-order valence-electron chi connectivity index (χ1n) is 11.4. The van der Waals surface area contributed by atoms with Crippen LogP contribution in [0.15, 0.2) is 0 Å². The SMILES string of the molecule is C[Si]1(C)C#C[Si](C)(C)CC[Si](C)(C)C#C[Si](C)(C)C#C[Si](C)(C)CC[Si](C)(C)C#C1. The molecule has 0 N–H and O–H groups in total.